The van der Waals surface area contributed by atoms with Gasteiger partial charge < -0.3 is 21.4 Å². The van der Waals surface area contributed by atoms with Crippen LogP contribution in [-0.4, -0.2) is 21.6 Å². The second kappa shape index (κ2) is 11.9. The quantitative estimate of drug-likeness (QED) is 0.233. The number of hydrogen-bond acceptors (Lipinski definition) is 3. The zero-order valence-corrected chi connectivity index (χ0v) is 24.0. The molecule has 1 aliphatic heterocycles. The van der Waals surface area contributed by atoms with Crippen molar-refractivity contribution in [3.63, 3.8) is 0 Å². The van der Waals surface area contributed by atoms with Crippen LogP contribution in [0.2, 0.25) is 0 Å². The number of nitrogens with one attached hydrogen (secondary N) is 3. The summed E-state index contributed by atoms with van der Waals surface area (Å²) >= 11 is 1.55. The zero-order valence-electron chi connectivity index (χ0n) is 20.4. The molecule has 0 unspecified atom stereocenters. The van der Waals surface area contributed by atoms with E-state index < -0.39 is 0 Å². The van der Waals surface area contributed by atoms with Crippen LogP contribution >= 0.6 is 11.8 Å². The number of nitrogens with zero attached hydrogens (tertiary/aromatic N) is 2. The van der Waals surface area contributed by atoms with E-state index in [0.717, 1.165) is 43.7 Å². The number of H-pyrrole nitrogens is 1. The predicted molar refractivity (Wildman–Crippen MR) is 149 cm³/mol. The molecular formula is C29H25N5OSY-2. The van der Waals surface area contributed by atoms with Gasteiger partial charge in [-0.25, -0.2) is 0 Å². The first kappa shape index (κ1) is 26.9. The number of anilines is 1. The Balaban J connectivity index is 0.000000169. The summed E-state index contributed by atoms with van der Waals surface area (Å²) in [6.07, 6.45) is 5.40. The molecule has 5 aromatic rings. The Bertz CT molecular complexity index is 1540. The summed E-state index contributed by atoms with van der Waals surface area (Å²) in [5.74, 6) is 0.573. The number of benzene rings is 3. The molecule has 3 aromatic carbocycles. The number of pyridine rings is 1. The van der Waals surface area contributed by atoms with Gasteiger partial charge in [-0.1, -0.05) is 48.5 Å². The van der Waals surface area contributed by atoms with Crippen LogP contribution in [0.5, 0.6) is 0 Å². The van der Waals surface area contributed by atoms with Crippen LogP contribution in [0.25, 0.3) is 33.5 Å². The molecule has 0 bridgehead atoms. The van der Waals surface area contributed by atoms with Crippen molar-refractivity contribution in [2.75, 3.05) is 10.7 Å². The second-order valence-corrected chi connectivity index (χ2v) is 9.67. The van der Waals surface area contributed by atoms with Gasteiger partial charge >= 0.3 is 0 Å². The molecule has 0 saturated carbocycles. The molecule has 0 saturated heterocycles. The van der Waals surface area contributed by atoms with E-state index in [-0.39, 0.29) is 38.6 Å². The number of aryl methyl sites for hydroxylation is 1. The van der Waals surface area contributed by atoms with Crippen molar-refractivity contribution < 1.29 is 37.5 Å². The van der Waals surface area contributed by atoms with Crippen LogP contribution < -0.4 is 4.90 Å². The van der Waals surface area contributed by atoms with Gasteiger partial charge in [0, 0.05) is 61.1 Å². The van der Waals surface area contributed by atoms with Crippen molar-refractivity contribution in [2.24, 2.45) is 0 Å². The third-order valence-electron chi connectivity index (χ3n) is 5.98. The minimum atomic E-state index is 0. The first-order valence-corrected chi connectivity index (χ1v) is 12.5. The summed E-state index contributed by atoms with van der Waals surface area (Å²) in [5.41, 5.74) is 22.8. The van der Waals surface area contributed by atoms with Gasteiger partial charge in [0.15, 0.2) is 0 Å². The van der Waals surface area contributed by atoms with Crippen molar-refractivity contribution in [1.29, 1.82) is 0 Å². The van der Waals surface area contributed by atoms with Gasteiger partial charge in [0.1, 0.15) is 0 Å². The fourth-order valence-electron chi connectivity index (χ4n) is 4.15. The number of fused-ring (bicyclic) bond motifs is 2. The third kappa shape index (κ3) is 6.24. The normalized spacial score (nSPS) is 12.4. The van der Waals surface area contributed by atoms with Gasteiger partial charge in [0.2, 0.25) is 5.91 Å². The molecule has 0 spiro atoms. The maximum absolute atomic E-state index is 12.1. The fraction of sp³-hybridized carbons (Fsp3) is 0.103. The predicted octanol–water partition coefficient (Wildman–Crippen LogP) is 8.23. The largest absolute Gasteiger partial charge is 0.699 e. The average molecular weight is 581 g/mol. The van der Waals surface area contributed by atoms with Crippen molar-refractivity contribution in [3.05, 3.63) is 114 Å². The summed E-state index contributed by atoms with van der Waals surface area (Å²) in [6, 6.07) is 23.6. The molecule has 3 heterocycles. The molecule has 2 aromatic heterocycles. The van der Waals surface area contributed by atoms with Crippen molar-refractivity contribution in [3.8, 4) is 11.1 Å². The summed E-state index contributed by atoms with van der Waals surface area (Å²) in [4.78, 5) is 22.2. The van der Waals surface area contributed by atoms with Crippen molar-refractivity contribution in [1.82, 2.24) is 9.97 Å². The first-order valence-electron chi connectivity index (χ1n) is 11.6. The van der Waals surface area contributed by atoms with Crippen LogP contribution in [0, 0.1) is 6.92 Å². The summed E-state index contributed by atoms with van der Waals surface area (Å²) in [7, 11) is 0. The summed E-state index contributed by atoms with van der Waals surface area (Å²) in [6.45, 7) is 2.60. The van der Waals surface area contributed by atoms with E-state index >= 15 is 0 Å². The van der Waals surface area contributed by atoms with E-state index in [4.69, 9.17) is 11.5 Å². The Morgan fingerprint density at radius 2 is 1.78 bits per heavy atom. The van der Waals surface area contributed by atoms with Crippen LogP contribution in [0.15, 0.2) is 96.3 Å². The molecule has 6 nitrogen and oxygen atoms in total. The molecule has 3 N–H and O–H groups in total. The van der Waals surface area contributed by atoms with E-state index in [1.807, 2.05) is 67.8 Å². The van der Waals surface area contributed by atoms with Gasteiger partial charge in [-0.2, -0.15) is 0 Å². The van der Waals surface area contributed by atoms with Gasteiger partial charge in [0.25, 0.3) is 0 Å². The van der Waals surface area contributed by atoms with E-state index in [0.29, 0.717) is 23.7 Å². The second-order valence-electron chi connectivity index (χ2n) is 8.65. The minimum Gasteiger partial charge on any atom is -0.699 e. The maximum Gasteiger partial charge on any atom is 0.237 e. The van der Waals surface area contributed by atoms with E-state index in [9.17, 15) is 4.79 Å². The Morgan fingerprint density at radius 3 is 2.57 bits per heavy atom. The van der Waals surface area contributed by atoms with Crippen LogP contribution in [0.4, 0.5) is 17.1 Å². The molecule has 8 heteroatoms. The smallest absolute Gasteiger partial charge is 0.237 e. The van der Waals surface area contributed by atoms with E-state index in [2.05, 4.69) is 22.1 Å². The number of amides is 1. The maximum atomic E-state index is 12.1. The van der Waals surface area contributed by atoms with Crippen LogP contribution in [0.3, 0.4) is 0 Å². The fourth-order valence-corrected chi connectivity index (χ4v) is 5.07. The van der Waals surface area contributed by atoms with Gasteiger partial charge in [-0.05, 0) is 59.5 Å². The molecule has 1 aliphatic rings. The van der Waals surface area contributed by atoms with Crippen LogP contribution in [-0.2, 0) is 44.0 Å². The van der Waals surface area contributed by atoms with Gasteiger partial charge in [-0.3, -0.25) is 9.78 Å². The molecular weight excluding hydrogens is 555 g/mol. The number of hydrogen-bond donors (Lipinski definition) is 1. The molecule has 0 aliphatic carbocycles. The van der Waals surface area contributed by atoms with E-state index in [1.54, 1.807) is 35.0 Å². The SMILES string of the molecule is Cc1cncc(-c2ccc3[nH]cc([NH-])c3c2)c1.[NH-]c1ccc2c(c1)N(Cc1ccccc1)C(=O)CS2.[Y]. The summed E-state index contributed by atoms with van der Waals surface area (Å²) in [5, 5.41) is 0.948. The van der Waals surface area contributed by atoms with Crippen molar-refractivity contribution >= 4 is 45.6 Å². The Morgan fingerprint density at radius 1 is 0.973 bits per heavy atom. The summed E-state index contributed by atoms with van der Waals surface area (Å²) < 4.78 is 0. The molecule has 1 radical (unpaired) electrons. The first-order chi connectivity index (χ1) is 17.5. The molecule has 6 rings (SSSR count). The van der Waals surface area contributed by atoms with E-state index in [1.165, 1.54) is 0 Å². The topological polar surface area (TPSA) is 96.6 Å². The number of thioether (sulfide) groups is 1. The number of carbonyl (C=O) groups is 1. The van der Waals surface area contributed by atoms with Gasteiger partial charge in [0.05, 0.1) is 18.0 Å². The Hall–Kier alpha value is -3.13. The monoisotopic (exact) mass is 580 g/mol. The van der Waals surface area contributed by atoms with Crippen LogP contribution in [0.1, 0.15) is 11.1 Å². The standard InChI is InChI=1S/C15H13N2OS.C14H12N3.Y/c16-12-6-7-14-13(8-12)17(15(18)10-19-14)9-11-4-2-1-3-5-11;1-9-4-11(7-16-6-9)10-2-3-14-12(5-10)13(15)8-17-14;/h1-8,16H,9-10H2;2-8,15,17H,1H3;/q2*-1;. The number of aromatic amines is 1. The van der Waals surface area contributed by atoms with Gasteiger partial charge in [-0.15, -0.1) is 23.1 Å². The zero-order chi connectivity index (χ0) is 25.1. The minimum absolute atomic E-state index is 0. The number of aromatic nitrogens is 2. The number of carbonyl (C=O) groups excluding carboxylic acids is 1. The average Bonchev–Trinajstić information content (AvgIpc) is 3.27. The Labute approximate surface area is 245 Å². The molecule has 183 valence electrons. The Kier molecular flexibility index (Phi) is 8.69. The molecule has 1 amide bonds. The third-order valence-corrected chi connectivity index (χ3v) is 7.02. The van der Waals surface area contributed by atoms with Crippen molar-refractivity contribution in [2.45, 2.75) is 18.4 Å². The molecule has 0 atom stereocenters. The number of rotatable bonds is 3. The molecule has 0 fully saturated rings. The molecule has 37 heavy (non-hydrogen) atoms.